The van der Waals surface area contributed by atoms with Crippen molar-refractivity contribution in [1.29, 1.82) is 0 Å². The summed E-state index contributed by atoms with van der Waals surface area (Å²) in [5, 5.41) is 11.6. The molecule has 0 amide bonds. The molecule has 320 valence electrons. The van der Waals surface area contributed by atoms with Crippen molar-refractivity contribution in [2.24, 2.45) is 0 Å². The summed E-state index contributed by atoms with van der Waals surface area (Å²) in [6.45, 7) is 15.3. The highest BCUT2D eigenvalue weighted by molar-refractivity contribution is 5.77. The summed E-state index contributed by atoms with van der Waals surface area (Å²) < 4.78 is 39.9. The average molecular weight is 839 g/mol. The number of rotatable bonds is 7. The van der Waals surface area contributed by atoms with Gasteiger partial charge in [0.05, 0.1) is 0 Å². The van der Waals surface area contributed by atoms with Crippen molar-refractivity contribution in [3.63, 3.8) is 0 Å². The molecule has 1 aliphatic carbocycles. The van der Waals surface area contributed by atoms with Crippen molar-refractivity contribution in [1.82, 2.24) is 0 Å². The van der Waals surface area contributed by atoms with Gasteiger partial charge in [-0.15, -0.1) is 0 Å². The van der Waals surface area contributed by atoms with Crippen LogP contribution in [0.2, 0.25) is 0 Å². The maximum absolute atomic E-state index is 12.6. The molecule has 0 saturated carbocycles. The fourth-order valence-corrected chi connectivity index (χ4v) is 7.48. The molecule has 0 saturated heterocycles. The van der Waals surface area contributed by atoms with Gasteiger partial charge in [0.2, 0.25) is 0 Å². The number of hydrogen-bond donors (Lipinski definition) is 1. The van der Waals surface area contributed by atoms with Crippen molar-refractivity contribution in [3.05, 3.63) is 93.0 Å². The number of carbonyl (C=O) groups is 7. The van der Waals surface area contributed by atoms with Gasteiger partial charge < -0.3 is 38.3 Å². The second-order valence-corrected chi connectivity index (χ2v) is 14.8. The van der Waals surface area contributed by atoms with Gasteiger partial charge >= 0.3 is 41.8 Å². The van der Waals surface area contributed by atoms with Gasteiger partial charge in [-0.3, -0.25) is 33.6 Å². The summed E-state index contributed by atoms with van der Waals surface area (Å²) >= 11 is 0. The lowest BCUT2D eigenvalue weighted by Crippen LogP contribution is -2.16. The summed E-state index contributed by atoms with van der Waals surface area (Å²) in [6.07, 6.45) is 0. The van der Waals surface area contributed by atoms with Crippen molar-refractivity contribution in [3.8, 4) is 46.0 Å². The number of aromatic hydroxyl groups is 1. The van der Waals surface area contributed by atoms with E-state index in [1.807, 2.05) is 0 Å². The lowest BCUT2D eigenvalue weighted by Gasteiger charge is -2.28. The van der Waals surface area contributed by atoms with Crippen LogP contribution in [-0.4, -0.2) is 46.9 Å². The average Bonchev–Trinajstić information content (AvgIpc) is 3.12. The number of phenolic OH excluding ortho intramolecular Hbond substituents is 1. The molecule has 0 heterocycles. The minimum Gasteiger partial charge on any atom is -0.508 e. The monoisotopic (exact) mass is 838 g/mol. The molecule has 0 spiro atoms. The Balaban J connectivity index is 2.05. The summed E-state index contributed by atoms with van der Waals surface area (Å²) in [5.41, 5.74) is 2.73. The van der Waals surface area contributed by atoms with E-state index < -0.39 is 65.5 Å². The van der Waals surface area contributed by atoms with Crippen LogP contribution in [0, 0.1) is 0 Å². The van der Waals surface area contributed by atoms with Gasteiger partial charge in [0, 0.05) is 141 Å². The number of benzene rings is 4. The highest BCUT2D eigenvalue weighted by Crippen LogP contribution is 2.50. The lowest BCUT2D eigenvalue weighted by atomic mass is 9.80. The topological polar surface area (TPSA) is 204 Å². The minimum absolute atomic E-state index is 0.00560. The molecule has 4 aromatic rings. The molecule has 0 radical (unpaired) electrons. The Morgan fingerprint density at radius 1 is 0.311 bits per heavy atom. The van der Waals surface area contributed by atoms with E-state index in [-0.39, 0.29) is 51.6 Å². The molecule has 1 N–H and O–H groups in total. The van der Waals surface area contributed by atoms with E-state index in [1.54, 1.807) is 52.0 Å². The predicted molar refractivity (Wildman–Crippen MR) is 217 cm³/mol. The van der Waals surface area contributed by atoms with Gasteiger partial charge in [-0.25, -0.2) is 0 Å². The summed E-state index contributed by atoms with van der Waals surface area (Å²) in [7, 11) is 0. The largest absolute Gasteiger partial charge is 0.508 e. The number of ether oxygens (including phenoxy) is 7. The van der Waals surface area contributed by atoms with Crippen LogP contribution in [0.1, 0.15) is 144 Å². The van der Waals surface area contributed by atoms with Crippen LogP contribution in [0.4, 0.5) is 0 Å². The molecule has 15 heteroatoms. The normalized spacial score (nSPS) is 16.6. The molecule has 5 rings (SSSR count). The third kappa shape index (κ3) is 10.1. The zero-order chi connectivity index (χ0) is 45.2. The Morgan fingerprint density at radius 3 is 0.672 bits per heavy atom. The second kappa shape index (κ2) is 18.1. The molecule has 4 atom stereocenters. The first-order valence-corrected chi connectivity index (χ1v) is 19.2. The van der Waals surface area contributed by atoms with E-state index in [4.69, 9.17) is 33.2 Å². The van der Waals surface area contributed by atoms with Gasteiger partial charge in [0.1, 0.15) is 46.0 Å². The van der Waals surface area contributed by atoms with Crippen LogP contribution in [0.25, 0.3) is 0 Å². The molecule has 0 aliphatic heterocycles. The van der Waals surface area contributed by atoms with E-state index >= 15 is 0 Å². The lowest BCUT2D eigenvalue weighted by molar-refractivity contribution is -0.133. The first-order chi connectivity index (χ1) is 28.6. The van der Waals surface area contributed by atoms with Gasteiger partial charge in [-0.05, 0) is 24.3 Å². The van der Waals surface area contributed by atoms with Crippen LogP contribution in [0.5, 0.6) is 46.0 Å². The smallest absolute Gasteiger partial charge is 0.308 e. The standard InChI is InChI=1S/C46H46O15/c1-20-31-12-32(40(16-39(31)54)55-24(5)47)21(2)35-14-36(44(59-28(9)51)18-43(35)58-27(8)50)23(4)38-15-37(45(60-29(10)52)19-46(38)61-30(11)53)22(3)34-13-33(20)41(56-25(6)48)17-42(34)57-26(7)49/h12-23,54H,1-11H3/t20-,21+,22-,23?/m1/s1. The van der Waals surface area contributed by atoms with E-state index in [1.165, 1.54) is 72.7 Å². The summed E-state index contributed by atoms with van der Waals surface area (Å²) in [6, 6.07) is 11.9. The summed E-state index contributed by atoms with van der Waals surface area (Å²) in [5.74, 6) is -8.51. The zero-order valence-electron chi connectivity index (χ0n) is 35.6. The summed E-state index contributed by atoms with van der Waals surface area (Å²) in [4.78, 5) is 88.1. The number of carbonyl (C=O) groups excluding carboxylic acids is 7. The Hall–Kier alpha value is -7.03. The molecule has 15 nitrogen and oxygen atoms in total. The number of hydrogen-bond acceptors (Lipinski definition) is 15. The third-order valence-electron chi connectivity index (χ3n) is 10.1. The molecule has 1 aliphatic rings. The quantitative estimate of drug-likeness (QED) is 0.139. The minimum atomic E-state index is -0.815. The molecule has 61 heavy (non-hydrogen) atoms. The van der Waals surface area contributed by atoms with Crippen molar-refractivity contribution < 1.29 is 71.8 Å². The molecule has 4 aromatic carbocycles. The Labute approximate surface area is 351 Å². The van der Waals surface area contributed by atoms with Crippen LogP contribution in [0.15, 0.2) is 48.5 Å². The highest BCUT2D eigenvalue weighted by atomic mass is 16.6. The fraction of sp³-hybridized carbons (Fsp3) is 0.326. The third-order valence-corrected chi connectivity index (χ3v) is 10.1. The SMILES string of the molecule is CC(=O)Oc1cc(OC(C)=O)c2cc1C(C)c1cc(c(OC(C)=O)cc1OC(C)=O)[C@H](C)c1cc(c(OC(C)=O)cc1OC(C)=O)[C@H](C)c1cc(c(OC(C)=O)cc1O)[C@@H]2C. The Kier molecular flexibility index (Phi) is 13.4. The van der Waals surface area contributed by atoms with E-state index in [0.29, 0.717) is 38.9 Å². The number of esters is 7. The number of fused-ring (bicyclic) bond motifs is 8. The Bertz CT molecular complexity index is 2480. The van der Waals surface area contributed by atoms with Crippen LogP contribution in [-0.2, 0) is 33.6 Å². The molecule has 0 aromatic heterocycles. The van der Waals surface area contributed by atoms with Gasteiger partial charge in [0.15, 0.2) is 0 Å². The van der Waals surface area contributed by atoms with Crippen molar-refractivity contribution in [2.45, 2.75) is 99.8 Å². The number of phenols is 1. The van der Waals surface area contributed by atoms with E-state index in [2.05, 4.69) is 0 Å². The maximum Gasteiger partial charge on any atom is 0.308 e. The molecule has 1 unspecified atom stereocenters. The van der Waals surface area contributed by atoms with Gasteiger partial charge in [-0.1, -0.05) is 27.7 Å². The first kappa shape index (κ1) is 45.1. The maximum atomic E-state index is 12.6. The van der Waals surface area contributed by atoms with Gasteiger partial charge in [-0.2, -0.15) is 0 Å². The van der Waals surface area contributed by atoms with Crippen LogP contribution in [0.3, 0.4) is 0 Å². The molecular weight excluding hydrogens is 792 g/mol. The van der Waals surface area contributed by atoms with Crippen molar-refractivity contribution in [2.75, 3.05) is 0 Å². The molecule has 0 fully saturated rings. The zero-order valence-corrected chi connectivity index (χ0v) is 35.6. The van der Waals surface area contributed by atoms with E-state index in [9.17, 15) is 38.7 Å². The van der Waals surface area contributed by atoms with Crippen molar-refractivity contribution >= 4 is 41.8 Å². The fourth-order valence-electron chi connectivity index (χ4n) is 7.48. The molecule has 8 bridgehead atoms. The second-order valence-electron chi connectivity index (χ2n) is 14.8. The Morgan fingerprint density at radius 2 is 0.475 bits per heavy atom. The van der Waals surface area contributed by atoms with Gasteiger partial charge in [0.25, 0.3) is 0 Å². The predicted octanol–water partition coefficient (Wildman–Crippen LogP) is 7.79. The van der Waals surface area contributed by atoms with Crippen LogP contribution >= 0.6 is 0 Å². The molecular formula is C46H46O15. The highest BCUT2D eigenvalue weighted by Gasteiger charge is 2.33. The van der Waals surface area contributed by atoms with Crippen LogP contribution < -0.4 is 33.2 Å². The first-order valence-electron chi connectivity index (χ1n) is 19.2. The van der Waals surface area contributed by atoms with E-state index in [0.717, 1.165) is 0 Å².